The fourth-order valence-electron chi connectivity index (χ4n) is 1.64. The van der Waals surface area contributed by atoms with E-state index < -0.39 is 0 Å². The van der Waals surface area contributed by atoms with Gasteiger partial charge < -0.3 is 5.73 Å². The molecule has 0 atom stereocenters. The number of hydrogen-bond donors (Lipinski definition) is 1. The SMILES string of the molecule is CC(=O)c1cccc(-c2cccc(N)c2)c1. The molecule has 0 bridgehead atoms. The molecule has 0 fully saturated rings. The zero-order chi connectivity index (χ0) is 11.5. The highest BCUT2D eigenvalue weighted by atomic mass is 16.1. The van der Waals surface area contributed by atoms with Crippen LogP contribution in [0, 0.1) is 0 Å². The molecule has 0 aliphatic rings. The van der Waals surface area contributed by atoms with Gasteiger partial charge in [0.1, 0.15) is 0 Å². The number of benzene rings is 2. The second kappa shape index (κ2) is 4.19. The van der Waals surface area contributed by atoms with Crippen molar-refractivity contribution in [3.8, 4) is 11.1 Å². The van der Waals surface area contributed by atoms with Crippen LogP contribution in [-0.4, -0.2) is 5.78 Å². The van der Waals surface area contributed by atoms with Crippen molar-refractivity contribution in [3.63, 3.8) is 0 Å². The summed E-state index contributed by atoms with van der Waals surface area (Å²) >= 11 is 0. The van der Waals surface area contributed by atoms with Crippen molar-refractivity contribution in [2.45, 2.75) is 6.92 Å². The average Bonchev–Trinajstić information content (AvgIpc) is 2.29. The van der Waals surface area contributed by atoms with Crippen LogP contribution in [0.2, 0.25) is 0 Å². The molecule has 2 rings (SSSR count). The first-order valence-corrected chi connectivity index (χ1v) is 5.14. The zero-order valence-electron chi connectivity index (χ0n) is 9.10. The van der Waals surface area contributed by atoms with Gasteiger partial charge in [0.05, 0.1) is 0 Å². The number of rotatable bonds is 2. The fourth-order valence-corrected chi connectivity index (χ4v) is 1.64. The quantitative estimate of drug-likeness (QED) is 0.612. The van der Waals surface area contributed by atoms with Gasteiger partial charge in [-0.3, -0.25) is 4.79 Å². The summed E-state index contributed by atoms with van der Waals surface area (Å²) in [6.45, 7) is 1.57. The Balaban J connectivity index is 2.48. The molecule has 0 spiro atoms. The van der Waals surface area contributed by atoms with Gasteiger partial charge in [-0.05, 0) is 36.2 Å². The number of carbonyl (C=O) groups is 1. The van der Waals surface area contributed by atoms with E-state index in [1.54, 1.807) is 6.92 Å². The molecule has 0 saturated heterocycles. The molecule has 16 heavy (non-hydrogen) atoms. The second-order valence-electron chi connectivity index (χ2n) is 3.76. The molecule has 80 valence electrons. The van der Waals surface area contributed by atoms with E-state index in [0.29, 0.717) is 0 Å². The Hall–Kier alpha value is -2.09. The summed E-state index contributed by atoms with van der Waals surface area (Å²) in [5.41, 5.74) is 9.22. The van der Waals surface area contributed by atoms with Crippen LogP contribution < -0.4 is 5.73 Å². The van der Waals surface area contributed by atoms with Crippen LogP contribution in [0.3, 0.4) is 0 Å². The molecular formula is C14H13NO. The molecule has 0 saturated carbocycles. The third-order valence-electron chi connectivity index (χ3n) is 2.49. The van der Waals surface area contributed by atoms with Crippen molar-refractivity contribution < 1.29 is 4.79 Å². The lowest BCUT2D eigenvalue weighted by Gasteiger charge is -2.04. The first kappa shape index (κ1) is 10.4. The highest BCUT2D eigenvalue weighted by molar-refractivity contribution is 5.95. The lowest BCUT2D eigenvalue weighted by molar-refractivity contribution is 0.101. The maximum absolute atomic E-state index is 11.3. The van der Waals surface area contributed by atoms with E-state index >= 15 is 0 Å². The minimum absolute atomic E-state index is 0.0748. The summed E-state index contributed by atoms with van der Waals surface area (Å²) in [7, 11) is 0. The van der Waals surface area contributed by atoms with Gasteiger partial charge in [-0.2, -0.15) is 0 Å². The Morgan fingerprint density at radius 3 is 2.25 bits per heavy atom. The molecule has 0 aliphatic carbocycles. The summed E-state index contributed by atoms with van der Waals surface area (Å²) in [5.74, 6) is 0.0748. The third kappa shape index (κ3) is 2.11. The van der Waals surface area contributed by atoms with Crippen LogP contribution in [0.1, 0.15) is 17.3 Å². The molecule has 0 amide bonds. The molecule has 0 heterocycles. The van der Waals surface area contributed by atoms with Crippen molar-refractivity contribution in [3.05, 3.63) is 54.1 Å². The summed E-state index contributed by atoms with van der Waals surface area (Å²) in [5, 5.41) is 0. The van der Waals surface area contributed by atoms with Gasteiger partial charge in [0.25, 0.3) is 0 Å². The van der Waals surface area contributed by atoms with Crippen LogP contribution in [0.5, 0.6) is 0 Å². The van der Waals surface area contributed by atoms with Crippen molar-refractivity contribution >= 4 is 11.5 Å². The second-order valence-corrected chi connectivity index (χ2v) is 3.76. The van der Waals surface area contributed by atoms with E-state index in [9.17, 15) is 4.79 Å². The first-order chi connectivity index (χ1) is 7.66. The van der Waals surface area contributed by atoms with Gasteiger partial charge in [-0.15, -0.1) is 0 Å². The molecule has 0 radical (unpaired) electrons. The highest BCUT2D eigenvalue weighted by Gasteiger charge is 2.02. The van der Waals surface area contributed by atoms with Gasteiger partial charge in [0, 0.05) is 11.3 Å². The third-order valence-corrected chi connectivity index (χ3v) is 2.49. The van der Waals surface area contributed by atoms with Crippen LogP contribution >= 0.6 is 0 Å². The van der Waals surface area contributed by atoms with E-state index in [2.05, 4.69) is 0 Å². The van der Waals surface area contributed by atoms with Crippen LogP contribution in [-0.2, 0) is 0 Å². The Morgan fingerprint density at radius 2 is 1.62 bits per heavy atom. The van der Waals surface area contributed by atoms with Gasteiger partial charge >= 0.3 is 0 Å². The number of nitrogen functional groups attached to an aromatic ring is 1. The summed E-state index contributed by atoms with van der Waals surface area (Å²) in [4.78, 5) is 11.3. The van der Waals surface area contributed by atoms with Crippen LogP contribution in [0.25, 0.3) is 11.1 Å². The normalized spacial score (nSPS) is 10.1. The minimum atomic E-state index is 0.0748. The van der Waals surface area contributed by atoms with E-state index in [0.717, 1.165) is 22.4 Å². The van der Waals surface area contributed by atoms with Crippen molar-refractivity contribution in [2.75, 3.05) is 5.73 Å². The number of ketones is 1. The fraction of sp³-hybridized carbons (Fsp3) is 0.0714. The van der Waals surface area contributed by atoms with Gasteiger partial charge in [0.2, 0.25) is 0 Å². The molecule has 0 aliphatic heterocycles. The lowest BCUT2D eigenvalue weighted by Crippen LogP contribution is -1.92. The van der Waals surface area contributed by atoms with Crippen LogP contribution in [0.4, 0.5) is 5.69 Å². The smallest absolute Gasteiger partial charge is 0.159 e. The molecule has 2 N–H and O–H groups in total. The monoisotopic (exact) mass is 211 g/mol. The van der Waals surface area contributed by atoms with E-state index in [1.165, 1.54) is 0 Å². The van der Waals surface area contributed by atoms with E-state index in [-0.39, 0.29) is 5.78 Å². The number of hydrogen-bond acceptors (Lipinski definition) is 2. The van der Waals surface area contributed by atoms with E-state index in [4.69, 9.17) is 5.73 Å². The standard InChI is InChI=1S/C14H13NO/c1-10(16)11-4-2-5-12(8-11)13-6-3-7-14(15)9-13/h2-9H,15H2,1H3. The molecule has 2 heteroatoms. The number of carbonyl (C=O) groups excluding carboxylic acids is 1. The zero-order valence-corrected chi connectivity index (χ0v) is 9.10. The molecule has 0 aromatic heterocycles. The highest BCUT2D eigenvalue weighted by Crippen LogP contribution is 2.22. The molecule has 2 nitrogen and oxygen atoms in total. The average molecular weight is 211 g/mol. The molecule has 2 aromatic rings. The minimum Gasteiger partial charge on any atom is -0.399 e. The number of Topliss-reactive ketones (excluding diaryl/α,β-unsaturated/α-hetero) is 1. The Bertz CT molecular complexity index is 532. The maximum Gasteiger partial charge on any atom is 0.159 e. The van der Waals surface area contributed by atoms with Gasteiger partial charge in [-0.25, -0.2) is 0 Å². The predicted octanol–water partition coefficient (Wildman–Crippen LogP) is 3.14. The molecular weight excluding hydrogens is 198 g/mol. The van der Waals surface area contributed by atoms with E-state index in [1.807, 2.05) is 48.5 Å². The molecule has 0 unspecified atom stereocenters. The van der Waals surface area contributed by atoms with Crippen LogP contribution in [0.15, 0.2) is 48.5 Å². The maximum atomic E-state index is 11.3. The number of anilines is 1. The van der Waals surface area contributed by atoms with Crippen molar-refractivity contribution in [2.24, 2.45) is 0 Å². The first-order valence-electron chi connectivity index (χ1n) is 5.14. The van der Waals surface area contributed by atoms with Gasteiger partial charge in [0.15, 0.2) is 5.78 Å². The Labute approximate surface area is 94.7 Å². The topological polar surface area (TPSA) is 43.1 Å². The van der Waals surface area contributed by atoms with Crippen molar-refractivity contribution in [1.82, 2.24) is 0 Å². The molecule has 2 aromatic carbocycles. The van der Waals surface area contributed by atoms with Gasteiger partial charge in [-0.1, -0.05) is 30.3 Å². The summed E-state index contributed by atoms with van der Waals surface area (Å²) in [6.07, 6.45) is 0. The summed E-state index contributed by atoms with van der Waals surface area (Å²) < 4.78 is 0. The predicted molar refractivity (Wildman–Crippen MR) is 66.3 cm³/mol. The number of nitrogens with two attached hydrogens (primary N) is 1. The Kier molecular flexibility index (Phi) is 2.73. The van der Waals surface area contributed by atoms with Crippen molar-refractivity contribution in [1.29, 1.82) is 0 Å². The lowest BCUT2D eigenvalue weighted by atomic mass is 10.0. The largest absolute Gasteiger partial charge is 0.399 e. The Morgan fingerprint density at radius 1 is 1.00 bits per heavy atom. The summed E-state index contributed by atoms with van der Waals surface area (Å²) in [6, 6.07) is 15.2.